The minimum absolute atomic E-state index is 0.0478. The maximum Gasteiger partial charge on any atom is 0.341 e. The molecule has 1 aliphatic heterocycles. The van der Waals surface area contributed by atoms with E-state index in [-0.39, 0.29) is 18.4 Å². The van der Waals surface area contributed by atoms with Gasteiger partial charge in [0.2, 0.25) is 5.91 Å². The SMILES string of the molecule is CCOC(=O)c1ccc(CC(=O)N[C@@H](CC(C)C)c2ccccc2C2CCCCN2)cc1OCC. The van der Waals surface area contributed by atoms with Crippen molar-refractivity contribution in [3.63, 3.8) is 0 Å². The molecule has 190 valence electrons. The van der Waals surface area contributed by atoms with Gasteiger partial charge in [-0.2, -0.15) is 0 Å². The highest BCUT2D eigenvalue weighted by Crippen LogP contribution is 2.32. The number of hydrogen-bond donors (Lipinski definition) is 2. The molecule has 0 radical (unpaired) electrons. The lowest BCUT2D eigenvalue weighted by Gasteiger charge is -2.30. The fourth-order valence-electron chi connectivity index (χ4n) is 4.76. The number of hydrogen-bond acceptors (Lipinski definition) is 5. The van der Waals surface area contributed by atoms with Crippen LogP contribution in [0.5, 0.6) is 5.75 Å². The van der Waals surface area contributed by atoms with Crippen molar-refractivity contribution in [1.82, 2.24) is 10.6 Å². The number of esters is 1. The largest absolute Gasteiger partial charge is 0.493 e. The highest BCUT2D eigenvalue weighted by atomic mass is 16.5. The van der Waals surface area contributed by atoms with Gasteiger partial charge in [0, 0.05) is 6.04 Å². The van der Waals surface area contributed by atoms with Gasteiger partial charge < -0.3 is 20.1 Å². The average Bonchev–Trinajstić information content (AvgIpc) is 2.84. The van der Waals surface area contributed by atoms with E-state index in [1.165, 1.54) is 24.0 Å². The van der Waals surface area contributed by atoms with E-state index in [0.717, 1.165) is 24.9 Å². The second-order valence-corrected chi connectivity index (χ2v) is 9.54. The van der Waals surface area contributed by atoms with E-state index in [1.54, 1.807) is 25.1 Å². The van der Waals surface area contributed by atoms with Gasteiger partial charge in [0.05, 0.1) is 25.7 Å². The molecule has 2 atom stereocenters. The molecule has 1 unspecified atom stereocenters. The monoisotopic (exact) mass is 480 g/mol. The first-order chi connectivity index (χ1) is 16.9. The average molecular weight is 481 g/mol. The third kappa shape index (κ3) is 7.56. The summed E-state index contributed by atoms with van der Waals surface area (Å²) >= 11 is 0. The molecule has 2 N–H and O–H groups in total. The zero-order chi connectivity index (χ0) is 25.2. The summed E-state index contributed by atoms with van der Waals surface area (Å²) in [5, 5.41) is 6.96. The number of ether oxygens (including phenoxy) is 2. The topological polar surface area (TPSA) is 76.7 Å². The zero-order valence-corrected chi connectivity index (χ0v) is 21.6. The Morgan fingerprint density at radius 2 is 1.89 bits per heavy atom. The van der Waals surface area contributed by atoms with Crippen LogP contribution >= 0.6 is 0 Å². The van der Waals surface area contributed by atoms with E-state index >= 15 is 0 Å². The molecule has 6 heteroatoms. The number of carbonyl (C=O) groups is 2. The van der Waals surface area contributed by atoms with E-state index in [1.807, 2.05) is 6.92 Å². The molecular weight excluding hydrogens is 440 g/mol. The molecule has 2 aromatic rings. The molecule has 0 bridgehead atoms. The lowest BCUT2D eigenvalue weighted by molar-refractivity contribution is -0.121. The number of piperidine rings is 1. The summed E-state index contributed by atoms with van der Waals surface area (Å²) in [6.07, 6.45) is 4.62. The van der Waals surface area contributed by atoms with Crippen molar-refractivity contribution in [2.45, 2.75) is 71.9 Å². The van der Waals surface area contributed by atoms with Gasteiger partial charge in [-0.15, -0.1) is 0 Å². The Balaban J connectivity index is 1.79. The molecule has 3 rings (SSSR count). The van der Waals surface area contributed by atoms with Crippen molar-refractivity contribution in [1.29, 1.82) is 0 Å². The van der Waals surface area contributed by atoms with Crippen LogP contribution in [0.2, 0.25) is 0 Å². The summed E-state index contributed by atoms with van der Waals surface area (Å²) in [6, 6.07) is 14.0. The zero-order valence-electron chi connectivity index (χ0n) is 21.6. The van der Waals surface area contributed by atoms with Gasteiger partial charge in [-0.1, -0.05) is 50.6 Å². The Labute approximate surface area is 209 Å². The minimum Gasteiger partial charge on any atom is -0.493 e. The normalized spacial score (nSPS) is 16.5. The van der Waals surface area contributed by atoms with Gasteiger partial charge in [0.15, 0.2) is 0 Å². The maximum absolute atomic E-state index is 13.2. The molecule has 1 amide bonds. The van der Waals surface area contributed by atoms with Gasteiger partial charge in [-0.25, -0.2) is 4.79 Å². The van der Waals surface area contributed by atoms with Crippen molar-refractivity contribution >= 4 is 11.9 Å². The van der Waals surface area contributed by atoms with E-state index < -0.39 is 5.97 Å². The van der Waals surface area contributed by atoms with Crippen molar-refractivity contribution in [3.8, 4) is 5.75 Å². The molecule has 2 aromatic carbocycles. The Kier molecular flexibility index (Phi) is 10.2. The Bertz CT molecular complexity index is 982. The maximum atomic E-state index is 13.2. The number of benzene rings is 2. The van der Waals surface area contributed by atoms with E-state index in [0.29, 0.717) is 36.5 Å². The molecule has 0 aliphatic carbocycles. The van der Waals surface area contributed by atoms with Gasteiger partial charge in [-0.3, -0.25) is 4.79 Å². The fraction of sp³-hybridized carbons (Fsp3) is 0.517. The molecule has 6 nitrogen and oxygen atoms in total. The van der Waals surface area contributed by atoms with Gasteiger partial charge >= 0.3 is 5.97 Å². The molecule has 1 fully saturated rings. The predicted molar refractivity (Wildman–Crippen MR) is 139 cm³/mol. The quantitative estimate of drug-likeness (QED) is 0.414. The molecule has 1 heterocycles. The standard InChI is InChI=1S/C29H40N2O4/c1-5-34-27-18-21(14-15-24(27)29(33)35-6-2)19-28(32)31-26(17-20(3)4)23-12-8-7-11-22(23)25-13-9-10-16-30-25/h7-8,11-12,14-15,18,20,25-26,30H,5-6,9-10,13,16-17,19H2,1-4H3,(H,31,32)/t25?,26-/m0/s1. The third-order valence-corrected chi connectivity index (χ3v) is 6.31. The van der Waals surface area contributed by atoms with Gasteiger partial charge in [0.1, 0.15) is 11.3 Å². The molecule has 0 aromatic heterocycles. The van der Waals surface area contributed by atoms with Crippen molar-refractivity contribution in [2.75, 3.05) is 19.8 Å². The van der Waals surface area contributed by atoms with Crippen LogP contribution in [-0.2, 0) is 16.0 Å². The molecular formula is C29H40N2O4. The van der Waals surface area contributed by atoms with Crippen LogP contribution in [0.15, 0.2) is 42.5 Å². The minimum atomic E-state index is -0.420. The molecule has 35 heavy (non-hydrogen) atoms. The lowest BCUT2D eigenvalue weighted by Crippen LogP contribution is -2.33. The predicted octanol–water partition coefficient (Wildman–Crippen LogP) is 5.52. The molecule has 0 spiro atoms. The summed E-state index contributed by atoms with van der Waals surface area (Å²) in [7, 11) is 0. The van der Waals surface area contributed by atoms with Crippen LogP contribution < -0.4 is 15.4 Å². The Hall–Kier alpha value is -2.86. The number of carbonyl (C=O) groups excluding carboxylic acids is 2. The van der Waals surface area contributed by atoms with Crippen LogP contribution in [0.1, 0.15) is 92.5 Å². The lowest BCUT2D eigenvalue weighted by atomic mass is 9.87. The second-order valence-electron chi connectivity index (χ2n) is 9.54. The summed E-state index contributed by atoms with van der Waals surface area (Å²) in [5.41, 5.74) is 3.66. The number of amides is 1. The summed E-state index contributed by atoms with van der Waals surface area (Å²) in [5.74, 6) is 0.412. The smallest absolute Gasteiger partial charge is 0.341 e. The van der Waals surface area contributed by atoms with E-state index in [4.69, 9.17) is 9.47 Å². The van der Waals surface area contributed by atoms with E-state index in [9.17, 15) is 9.59 Å². The first-order valence-electron chi connectivity index (χ1n) is 13.0. The van der Waals surface area contributed by atoms with Gasteiger partial charge in [0.25, 0.3) is 0 Å². The van der Waals surface area contributed by atoms with Crippen LogP contribution in [-0.4, -0.2) is 31.6 Å². The van der Waals surface area contributed by atoms with Gasteiger partial charge in [-0.05, 0) is 74.4 Å². The van der Waals surface area contributed by atoms with Crippen molar-refractivity contribution in [3.05, 3.63) is 64.7 Å². The first kappa shape index (κ1) is 26.7. The van der Waals surface area contributed by atoms with Crippen molar-refractivity contribution in [2.24, 2.45) is 5.92 Å². The Morgan fingerprint density at radius 1 is 1.09 bits per heavy atom. The molecule has 1 aliphatic rings. The van der Waals surface area contributed by atoms with Crippen LogP contribution in [0.25, 0.3) is 0 Å². The second kappa shape index (κ2) is 13.3. The van der Waals surface area contributed by atoms with Crippen LogP contribution in [0.4, 0.5) is 0 Å². The fourth-order valence-corrected chi connectivity index (χ4v) is 4.76. The van der Waals surface area contributed by atoms with E-state index in [2.05, 4.69) is 48.7 Å². The van der Waals surface area contributed by atoms with Crippen molar-refractivity contribution < 1.29 is 19.1 Å². The summed E-state index contributed by atoms with van der Waals surface area (Å²) < 4.78 is 10.8. The highest BCUT2D eigenvalue weighted by Gasteiger charge is 2.24. The highest BCUT2D eigenvalue weighted by molar-refractivity contribution is 5.93. The summed E-state index contributed by atoms with van der Waals surface area (Å²) in [6.45, 7) is 9.75. The summed E-state index contributed by atoms with van der Waals surface area (Å²) in [4.78, 5) is 25.5. The number of rotatable bonds is 11. The Morgan fingerprint density at radius 3 is 2.57 bits per heavy atom. The first-order valence-corrected chi connectivity index (χ1v) is 13.0. The third-order valence-electron chi connectivity index (χ3n) is 6.31. The van der Waals surface area contributed by atoms with Crippen LogP contribution in [0.3, 0.4) is 0 Å². The molecule has 0 saturated carbocycles. The molecule has 1 saturated heterocycles. The number of nitrogens with one attached hydrogen (secondary N) is 2. The van der Waals surface area contributed by atoms with Crippen LogP contribution in [0, 0.1) is 5.92 Å².